The van der Waals surface area contributed by atoms with E-state index in [0.717, 1.165) is 24.8 Å². The molecule has 20 heavy (non-hydrogen) atoms. The molecule has 106 valence electrons. The fourth-order valence-corrected chi connectivity index (χ4v) is 2.62. The number of allylic oxidation sites excluding steroid dienone is 1. The van der Waals surface area contributed by atoms with E-state index >= 15 is 0 Å². The molecule has 1 spiro atoms. The SMILES string of the molecule is CC.N#Cc1cccc(C2=CCC3(CC2)OCCO3)c1. The monoisotopic (exact) mass is 271 g/mol. The molecule has 3 rings (SSSR count). The molecule has 1 aromatic carbocycles. The maximum absolute atomic E-state index is 8.92. The second-order valence-electron chi connectivity index (χ2n) is 4.73. The third-order valence-corrected chi connectivity index (χ3v) is 3.61. The van der Waals surface area contributed by atoms with Crippen LogP contribution in [0.3, 0.4) is 0 Å². The highest BCUT2D eigenvalue weighted by atomic mass is 16.7. The minimum Gasteiger partial charge on any atom is -0.347 e. The molecule has 0 unspecified atom stereocenters. The second-order valence-corrected chi connectivity index (χ2v) is 4.73. The molecule has 3 heteroatoms. The fraction of sp³-hybridized carbons (Fsp3) is 0.471. The number of nitrogens with zero attached hydrogens (tertiary/aromatic N) is 1. The van der Waals surface area contributed by atoms with Gasteiger partial charge >= 0.3 is 0 Å². The van der Waals surface area contributed by atoms with Crippen LogP contribution in [0.25, 0.3) is 5.57 Å². The van der Waals surface area contributed by atoms with Gasteiger partial charge in [0.2, 0.25) is 0 Å². The molecule has 0 amide bonds. The lowest BCUT2D eigenvalue weighted by atomic mass is 9.89. The molecule has 1 aliphatic heterocycles. The fourth-order valence-electron chi connectivity index (χ4n) is 2.62. The number of hydrogen-bond acceptors (Lipinski definition) is 3. The van der Waals surface area contributed by atoms with Gasteiger partial charge in [0.1, 0.15) is 0 Å². The third-order valence-electron chi connectivity index (χ3n) is 3.61. The van der Waals surface area contributed by atoms with Gasteiger partial charge in [-0.3, -0.25) is 0 Å². The Morgan fingerprint density at radius 1 is 1.20 bits per heavy atom. The van der Waals surface area contributed by atoms with E-state index < -0.39 is 0 Å². The summed E-state index contributed by atoms with van der Waals surface area (Å²) in [5, 5.41) is 8.92. The Balaban J connectivity index is 0.000000704. The summed E-state index contributed by atoms with van der Waals surface area (Å²) in [6.07, 6.45) is 4.83. The number of ether oxygens (including phenoxy) is 2. The standard InChI is InChI=1S/C15H15NO2.C2H6/c16-11-12-2-1-3-14(10-12)13-4-6-15(7-5-13)17-8-9-18-15;1-2/h1-4,10H,5-9H2;1-2H3. The van der Waals surface area contributed by atoms with Crippen LogP contribution in [0.15, 0.2) is 30.3 Å². The van der Waals surface area contributed by atoms with Crippen LogP contribution >= 0.6 is 0 Å². The average molecular weight is 271 g/mol. The molecule has 0 atom stereocenters. The Morgan fingerprint density at radius 2 is 1.95 bits per heavy atom. The molecule has 3 nitrogen and oxygen atoms in total. The van der Waals surface area contributed by atoms with E-state index in [9.17, 15) is 0 Å². The van der Waals surface area contributed by atoms with Gasteiger partial charge in [0.05, 0.1) is 24.8 Å². The molecule has 0 N–H and O–H groups in total. The first-order valence-corrected chi connectivity index (χ1v) is 7.29. The van der Waals surface area contributed by atoms with Crippen molar-refractivity contribution in [3.05, 3.63) is 41.5 Å². The van der Waals surface area contributed by atoms with E-state index in [1.54, 1.807) is 0 Å². The lowest BCUT2D eigenvalue weighted by Crippen LogP contribution is -2.31. The van der Waals surface area contributed by atoms with Gasteiger partial charge in [0.15, 0.2) is 5.79 Å². The molecule has 1 aromatic rings. The van der Waals surface area contributed by atoms with E-state index in [4.69, 9.17) is 14.7 Å². The van der Waals surface area contributed by atoms with Crippen molar-refractivity contribution in [2.24, 2.45) is 0 Å². The Labute approximate surface area is 120 Å². The van der Waals surface area contributed by atoms with Crippen LogP contribution in [0.1, 0.15) is 44.2 Å². The number of benzene rings is 1. The van der Waals surface area contributed by atoms with Gasteiger partial charge in [0.25, 0.3) is 0 Å². The molecule has 1 saturated heterocycles. The van der Waals surface area contributed by atoms with Crippen LogP contribution in [0, 0.1) is 11.3 Å². The molecule has 1 aliphatic carbocycles. The zero-order chi connectivity index (χ0) is 14.4. The molecule has 1 heterocycles. The van der Waals surface area contributed by atoms with Crippen LogP contribution in [0.2, 0.25) is 0 Å². The second kappa shape index (κ2) is 6.69. The minimum absolute atomic E-state index is 0.365. The summed E-state index contributed by atoms with van der Waals surface area (Å²) in [6, 6.07) is 9.94. The number of rotatable bonds is 1. The minimum atomic E-state index is -0.365. The molecular weight excluding hydrogens is 250 g/mol. The highest BCUT2D eigenvalue weighted by Crippen LogP contribution is 2.38. The maximum Gasteiger partial charge on any atom is 0.172 e. The Bertz CT molecular complexity index is 522. The van der Waals surface area contributed by atoms with Crippen molar-refractivity contribution >= 4 is 5.57 Å². The smallest absolute Gasteiger partial charge is 0.172 e. The zero-order valence-electron chi connectivity index (χ0n) is 12.2. The van der Waals surface area contributed by atoms with Gasteiger partial charge in [-0.15, -0.1) is 0 Å². The molecule has 0 aromatic heterocycles. The van der Waals surface area contributed by atoms with E-state index in [1.165, 1.54) is 5.57 Å². The topological polar surface area (TPSA) is 42.2 Å². The number of nitriles is 1. The highest BCUT2D eigenvalue weighted by molar-refractivity contribution is 5.67. The quantitative estimate of drug-likeness (QED) is 0.778. The molecule has 0 bridgehead atoms. The van der Waals surface area contributed by atoms with E-state index in [0.29, 0.717) is 18.8 Å². The van der Waals surface area contributed by atoms with Crippen molar-refractivity contribution in [2.75, 3.05) is 13.2 Å². The highest BCUT2D eigenvalue weighted by Gasteiger charge is 2.37. The van der Waals surface area contributed by atoms with Crippen LogP contribution < -0.4 is 0 Å². The van der Waals surface area contributed by atoms with E-state index in [2.05, 4.69) is 18.2 Å². The van der Waals surface area contributed by atoms with Gasteiger partial charge in [-0.05, 0) is 29.7 Å². The molecule has 0 radical (unpaired) electrons. The first kappa shape index (κ1) is 14.8. The van der Waals surface area contributed by atoms with Gasteiger partial charge in [0, 0.05) is 12.8 Å². The van der Waals surface area contributed by atoms with Gasteiger partial charge < -0.3 is 9.47 Å². The first-order chi connectivity index (χ1) is 9.81. The summed E-state index contributed by atoms with van der Waals surface area (Å²) < 4.78 is 11.4. The average Bonchev–Trinajstić information content (AvgIpc) is 2.98. The van der Waals surface area contributed by atoms with Crippen molar-refractivity contribution in [1.29, 1.82) is 5.26 Å². The van der Waals surface area contributed by atoms with E-state index in [1.807, 2.05) is 32.0 Å². The largest absolute Gasteiger partial charge is 0.347 e. The maximum atomic E-state index is 8.92. The summed E-state index contributed by atoms with van der Waals surface area (Å²) in [5.74, 6) is -0.365. The van der Waals surface area contributed by atoms with Crippen LogP contribution in [-0.2, 0) is 9.47 Å². The number of hydrogen-bond donors (Lipinski definition) is 0. The summed E-state index contributed by atoms with van der Waals surface area (Å²) >= 11 is 0. The zero-order valence-corrected chi connectivity index (χ0v) is 12.2. The van der Waals surface area contributed by atoms with Crippen LogP contribution in [0.4, 0.5) is 0 Å². The van der Waals surface area contributed by atoms with Crippen LogP contribution in [0.5, 0.6) is 0 Å². The predicted octanol–water partition coefficient (Wildman–Crippen LogP) is 3.89. The van der Waals surface area contributed by atoms with Gasteiger partial charge in [-0.25, -0.2) is 0 Å². The Hall–Kier alpha value is -1.63. The molecular formula is C17H21NO2. The van der Waals surface area contributed by atoms with Crippen molar-refractivity contribution in [1.82, 2.24) is 0 Å². The third kappa shape index (κ3) is 3.09. The van der Waals surface area contributed by atoms with Gasteiger partial charge in [-0.1, -0.05) is 32.1 Å². The first-order valence-electron chi connectivity index (χ1n) is 7.29. The van der Waals surface area contributed by atoms with Crippen molar-refractivity contribution in [3.8, 4) is 6.07 Å². The summed E-state index contributed by atoms with van der Waals surface area (Å²) in [7, 11) is 0. The normalized spacial score (nSPS) is 19.8. The van der Waals surface area contributed by atoms with Crippen molar-refractivity contribution in [2.45, 2.75) is 38.9 Å². The summed E-state index contributed by atoms with van der Waals surface area (Å²) in [6.45, 7) is 5.40. The Kier molecular flexibility index (Phi) is 4.94. The Morgan fingerprint density at radius 3 is 2.55 bits per heavy atom. The lowest BCUT2D eigenvalue weighted by molar-refractivity contribution is -0.159. The lowest BCUT2D eigenvalue weighted by Gasteiger charge is -2.30. The summed E-state index contributed by atoms with van der Waals surface area (Å²) in [5.41, 5.74) is 3.14. The van der Waals surface area contributed by atoms with Gasteiger partial charge in [-0.2, -0.15) is 5.26 Å². The summed E-state index contributed by atoms with van der Waals surface area (Å²) in [4.78, 5) is 0. The predicted molar refractivity (Wildman–Crippen MR) is 79.0 cm³/mol. The van der Waals surface area contributed by atoms with Crippen molar-refractivity contribution < 1.29 is 9.47 Å². The molecule has 1 fully saturated rings. The van der Waals surface area contributed by atoms with E-state index in [-0.39, 0.29) is 5.79 Å². The molecule has 0 saturated carbocycles. The van der Waals surface area contributed by atoms with Crippen molar-refractivity contribution in [3.63, 3.8) is 0 Å². The molecule has 2 aliphatic rings. The van der Waals surface area contributed by atoms with Crippen LogP contribution in [-0.4, -0.2) is 19.0 Å².